The number of hydrogen-bond acceptors (Lipinski definition) is 1. The summed E-state index contributed by atoms with van der Waals surface area (Å²) in [4.78, 5) is 12.5. The zero-order valence-electron chi connectivity index (χ0n) is 11.2. The number of hydrogen-bond donors (Lipinski definition) is 0. The van der Waals surface area contributed by atoms with Gasteiger partial charge in [0.1, 0.15) is 6.17 Å². The summed E-state index contributed by atoms with van der Waals surface area (Å²) in [7, 11) is 0. The highest BCUT2D eigenvalue weighted by atomic mass is 19.1. The first-order chi connectivity index (χ1) is 8.65. The third-order valence-electron chi connectivity index (χ3n) is 5.40. The molecule has 0 aromatic heterocycles. The first-order valence-corrected chi connectivity index (χ1v) is 7.50. The van der Waals surface area contributed by atoms with Gasteiger partial charge in [0.15, 0.2) is 5.78 Å². The smallest absolute Gasteiger partial charge is 0.164 e. The molecule has 1 nitrogen and oxygen atoms in total. The minimum atomic E-state index is -0.871. The lowest BCUT2D eigenvalue weighted by atomic mass is 9.47. The van der Waals surface area contributed by atoms with Crippen LogP contribution in [0.2, 0.25) is 0 Å². The summed E-state index contributed by atoms with van der Waals surface area (Å²) >= 11 is 0. The van der Waals surface area contributed by atoms with E-state index in [1.807, 2.05) is 6.08 Å². The maximum Gasteiger partial charge on any atom is 0.164 e. The molecule has 4 rings (SSSR count). The fraction of sp³-hybridized carbons (Fsp3) is 0.812. The van der Waals surface area contributed by atoms with Crippen molar-refractivity contribution in [2.45, 2.75) is 58.0 Å². The lowest BCUT2D eigenvalue weighted by Crippen LogP contribution is -2.57. The zero-order valence-corrected chi connectivity index (χ0v) is 11.2. The van der Waals surface area contributed by atoms with E-state index in [1.54, 1.807) is 6.08 Å². The van der Waals surface area contributed by atoms with Crippen LogP contribution in [0.15, 0.2) is 12.2 Å². The van der Waals surface area contributed by atoms with E-state index in [2.05, 4.69) is 6.92 Å². The summed E-state index contributed by atoms with van der Waals surface area (Å²) in [5.41, 5.74) is -0.626. The Hall–Kier alpha value is -0.660. The van der Waals surface area contributed by atoms with Crippen molar-refractivity contribution in [3.63, 3.8) is 0 Å². The van der Waals surface area contributed by atoms with E-state index in [0.29, 0.717) is 11.8 Å². The zero-order chi connectivity index (χ0) is 12.8. The Morgan fingerprint density at radius 1 is 1.28 bits per heavy atom. The van der Waals surface area contributed by atoms with Gasteiger partial charge in [-0.05, 0) is 62.4 Å². The second-order valence-corrected chi connectivity index (χ2v) is 6.72. The van der Waals surface area contributed by atoms with Gasteiger partial charge in [-0.15, -0.1) is 0 Å². The number of alkyl halides is 1. The third kappa shape index (κ3) is 1.76. The average molecular weight is 250 g/mol. The molecule has 0 amide bonds. The highest BCUT2D eigenvalue weighted by Gasteiger charge is 2.60. The molecule has 0 aromatic rings. The van der Waals surface area contributed by atoms with Gasteiger partial charge >= 0.3 is 0 Å². The lowest BCUT2D eigenvalue weighted by molar-refractivity contribution is -0.155. The van der Waals surface area contributed by atoms with Crippen LogP contribution in [0.3, 0.4) is 0 Å². The van der Waals surface area contributed by atoms with Crippen LogP contribution in [0, 0.1) is 23.2 Å². The Kier molecular flexibility index (Phi) is 3.07. The summed E-state index contributed by atoms with van der Waals surface area (Å²) in [5, 5.41) is 0. The topological polar surface area (TPSA) is 17.1 Å². The van der Waals surface area contributed by atoms with E-state index >= 15 is 0 Å². The number of halogens is 1. The maximum absolute atomic E-state index is 14.6. The molecule has 2 heteroatoms. The van der Waals surface area contributed by atoms with Gasteiger partial charge in [0, 0.05) is 0 Å². The number of allylic oxidation sites excluding steroid dienone is 2. The maximum atomic E-state index is 14.6. The van der Waals surface area contributed by atoms with Crippen LogP contribution in [0.4, 0.5) is 4.39 Å². The molecule has 4 aliphatic rings. The Balaban J connectivity index is 1.82. The highest BCUT2D eigenvalue weighted by Crippen LogP contribution is 2.61. The molecule has 3 atom stereocenters. The molecule has 0 radical (unpaired) electrons. The molecule has 4 aliphatic carbocycles. The van der Waals surface area contributed by atoms with E-state index in [-0.39, 0.29) is 11.7 Å². The summed E-state index contributed by atoms with van der Waals surface area (Å²) in [6.45, 7) is 2.09. The molecule has 100 valence electrons. The molecule has 0 spiro atoms. The number of rotatable bonds is 4. The molecule has 0 heterocycles. The van der Waals surface area contributed by atoms with Crippen molar-refractivity contribution in [1.82, 2.24) is 0 Å². The van der Waals surface area contributed by atoms with E-state index in [9.17, 15) is 9.18 Å². The van der Waals surface area contributed by atoms with Crippen molar-refractivity contribution in [1.29, 1.82) is 0 Å². The second kappa shape index (κ2) is 4.47. The van der Waals surface area contributed by atoms with E-state index in [4.69, 9.17) is 0 Å². The van der Waals surface area contributed by atoms with Crippen molar-refractivity contribution in [3.05, 3.63) is 12.2 Å². The molecule has 3 unspecified atom stereocenters. The predicted molar refractivity (Wildman–Crippen MR) is 69.9 cm³/mol. The Labute approximate surface area is 109 Å². The van der Waals surface area contributed by atoms with Crippen LogP contribution in [0.1, 0.15) is 51.9 Å². The van der Waals surface area contributed by atoms with Crippen LogP contribution < -0.4 is 0 Å². The second-order valence-electron chi connectivity index (χ2n) is 6.72. The Morgan fingerprint density at radius 2 is 1.94 bits per heavy atom. The van der Waals surface area contributed by atoms with Gasteiger partial charge in [0.05, 0.1) is 5.41 Å². The van der Waals surface area contributed by atoms with Crippen LogP contribution in [-0.2, 0) is 4.79 Å². The molecule has 4 fully saturated rings. The van der Waals surface area contributed by atoms with Crippen molar-refractivity contribution >= 4 is 5.78 Å². The molecular formula is C16H23FO. The third-order valence-corrected chi connectivity index (χ3v) is 5.40. The van der Waals surface area contributed by atoms with E-state index in [0.717, 1.165) is 38.5 Å². The van der Waals surface area contributed by atoms with Crippen LogP contribution in [-0.4, -0.2) is 12.0 Å². The summed E-state index contributed by atoms with van der Waals surface area (Å²) < 4.78 is 14.6. The van der Waals surface area contributed by atoms with Crippen LogP contribution in [0.25, 0.3) is 0 Å². The molecule has 0 aromatic carbocycles. The highest BCUT2D eigenvalue weighted by molar-refractivity contribution is 5.95. The van der Waals surface area contributed by atoms with Gasteiger partial charge in [0.25, 0.3) is 0 Å². The van der Waals surface area contributed by atoms with E-state index < -0.39 is 11.6 Å². The van der Waals surface area contributed by atoms with Gasteiger partial charge in [-0.25, -0.2) is 4.39 Å². The van der Waals surface area contributed by atoms with E-state index in [1.165, 1.54) is 6.42 Å². The minimum Gasteiger partial charge on any atom is -0.294 e. The first-order valence-electron chi connectivity index (χ1n) is 7.50. The van der Waals surface area contributed by atoms with Gasteiger partial charge in [-0.3, -0.25) is 4.79 Å². The molecule has 18 heavy (non-hydrogen) atoms. The summed E-state index contributed by atoms with van der Waals surface area (Å²) in [6, 6.07) is 0. The van der Waals surface area contributed by atoms with Crippen molar-refractivity contribution in [2.75, 3.05) is 0 Å². The first kappa shape index (κ1) is 12.4. The molecule has 0 aliphatic heterocycles. The molecule has 0 saturated heterocycles. The normalized spacial score (nSPS) is 45.9. The minimum absolute atomic E-state index is 0.0857. The Bertz CT molecular complexity index is 359. The van der Waals surface area contributed by atoms with Gasteiger partial charge in [-0.2, -0.15) is 0 Å². The number of carbonyl (C=O) groups excluding carboxylic acids is 1. The molecule has 0 N–H and O–H groups in total. The van der Waals surface area contributed by atoms with Crippen LogP contribution in [0.5, 0.6) is 0 Å². The average Bonchev–Trinajstić information content (AvgIpc) is 2.35. The van der Waals surface area contributed by atoms with Crippen molar-refractivity contribution in [3.8, 4) is 0 Å². The van der Waals surface area contributed by atoms with Crippen molar-refractivity contribution in [2.24, 2.45) is 23.2 Å². The number of unbranched alkanes of at least 4 members (excludes halogenated alkanes) is 1. The van der Waals surface area contributed by atoms with Crippen molar-refractivity contribution < 1.29 is 9.18 Å². The summed E-state index contributed by atoms with van der Waals surface area (Å²) in [6.07, 6.45) is 9.67. The molecular weight excluding hydrogens is 227 g/mol. The SMILES string of the molecule is CCC/C=C/C(=O)C12CC3CC(CC(C3)C1F)C2. The molecule has 4 saturated carbocycles. The fourth-order valence-electron chi connectivity index (χ4n) is 4.84. The fourth-order valence-corrected chi connectivity index (χ4v) is 4.84. The monoisotopic (exact) mass is 250 g/mol. The summed E-state index contributed by atoms with van der Waals surface area (Å²) in [5.74, 6) is 1.51. The van der Waals surface area contributed by atoms with Gasteiger partial charge in [0.2, 0.25) is 0 Å². The number of carbonyl (C=O) groups is 1. The standard InChI is InChI=1S/C16H23FO/c1-2-3-4-5-14(18)16-9-11-6-12(10-16)8-13(7-11)15(16)17/h4-5,11-13,15H,2-3,6-10H2,1H3/b5-4+. The quantitative estimate of drug-likeness (QED) is 0.687. The predicted octanol–water partition coefficient (Wildman–Crippen LogP) is 4.08. The van der Waals surface area contributed by atoms with Gasteiger partial charge in [-0.1, -0.05) is 19.4 Å². The van der Waals surface area contributed by atoms with Crippen LogP contribution >= 0.6 is 0 Å². The number of ketones is 1. The lowest BCUT2D eigenvalue weighted by Gasteiger charge is -2.57. The largest absolute Gasteiger partial charge is 0.294 e. The van der Waals surface area contributed by atoms with Gasteiger partial charge < -0.3 is 0 Å². The molecule has 4 bridgehead atoms. The Morgan fingerprint density at radius 3 is 2.56 bits per heavy atom.